The van der Waals surface area contributed by atoms with Crippen molar-refractivity contribution in [3.05, 3.63) is 64.4 Å². The summed E-state index contributed by atoms with van der Waals surface area (Å²) in [5.41, 5.74) is 0.443. The second-order valence-corrected chi connectivity index (χ2v) is 6.78. The lowest BCUT2D eigenvalue weighted by Gasteiger charge is -2.13. The molecule has 0 fully saturated rings. The molecule has 164 valence electrons. The van der Waals surface area contributed by atoms with E-state index in [1.165, 1.54) is 28.9 Å². The van der Waals surface area contributed by atoms with Crippen LogP contribution in [0.5, 0.6) is 17.2 Å². The van der Waals surface area contributed by atoms with E-state index in [1.54, 1.807) is 31.3 Å². The highest BCUT2D eigenvalue weighted by Crippen LogP contribution is 2.32. The van der Waals surface area contributed by atoms with Gasteiger partial charge in [0.05, 0.1) is 11.6 Å². The minimum atomic E-state index is -2.99. The van der Waals surface area contributed by atoms with Crippen molar-refractivity contribution in [3.63, 3.8) is 0 Å². The third-order valence-corrected chi connectivity index (χ3v) is 4.66. The maximum atomic E-state index is 12.5. The number of hydrogen-bond acceptors (Lipinski definition) is 5. The van der Waals surface area contributed by atoms with Crippen LogP contribution < -0.4 is 19.5 Å². The summed E-state index contributed by atoms with van der Waals surface area (Å²) >= 11 is 12.0. The van der Waals surface area contributed by atoms with Gasteiger partial charge in [0, 0.05) is 18.0 Å². The first-order chi connectivity index (χ1) is 14.9. The Bertz CT molecular complexity index is 1060. The third-order valence-electron chi connectivity index (χ3n) is 3.86. The number of anilines is 1. The average molecular weight is 472 g/mol. The highest BCUT2D eigenvalue weighted by molar-refractivity contribution is 6.42. The lowest BCUT2D eigenvalue weighted by molar-refractivity contribution is -0.0514. The molecular weight excluding hydrogens is 455 g/mol. The van der Waals surface area contributed by atoms with Gasteiger partial charge in [0.2, 0.25) is 0 Å². The standard InChI is InChI=1S/C20H17Cl2F2N3O4/c1-2-29-17-10-12(6-7-15(17)31-20(23)24)25-19(28)14-8-9-27(26-14)11-30-16-5-3-4-13(21)18(16)22/h3-10,20H,2,11H2,1H3,(H,25,28). The Balaban J connectivity index is 1.65. The summed E-state index contributed by atoms with van der Waals surface area (Å²) in [5, 5.41) is 7.40. The molecule has 3 rings (SSSR count). The van der Waals surface area contributed by atoms with E-state index in [0.29, 0.717) is 16.5 Å². The lowest BCUT2D eigenvalue weighted by atomic mass is 10.2. The molecule has 0 bridgehead atoms. The van der Waals surface area contributed by atoms with Crippen LogP contribution in [0.25, 0.3) is 0 Å². The number of ether oxygens (including phenoxy) is 3. The highest BCUT2D eigenvalue weighted by atomic mass is 35.5. The predicted octanol–water partition coefficient (Wildman–Crippen LogP) is 5.48. The molecule has 1 amide bonds. The van der Waals surface area contributed by atoms with Gasteiger partial charge in [-0.25, -0.2) is 4.68 Å². The third kappa shape index (κ3) is 5.99. The van der Waals surface area contributed by atoms with Gasteiger partial charge in [-0.15, -0.1) is 0 Å². The first kappa shape index (κ1) is 22.6. The highest BCUT2D eigenvalue weighted by Gasteiger charge is 2.15. The Morgan fingerprint density at radius 1 is 1.13 bits per heavy atom. The topological polar surface area (TPSA) is 74.6 Å². The number of benzene rings is 2. The number of carbonyl (C=O) groups is 1. The van der Waals surface area contributed by atoms with Crippen LogP contribution in [0.4, 0.5) is 14.5 Å². The number of nitrogens with zero attached hydrogens (tertiary/aromatic N) is 2. The molecule has 0 atom stereocenters. The zero-order valence-electron chi connectivity index (χ0n) is 16.1. The summed E-state index contributed by atoms with van der Waals surface area (Å²) in [6.45, 7) is -1.06. The molecule has 1 aromatic heterocycles. The van der Waals surface area contributed by atoms with E-state index in [2.05, 4.69) is 15.2 Å². The zero-order chi connectivity index (χ0) is 22.4. The Morgan fingerprint density at radius 2 is 1.94 bits per heavy atom. The smallest absolute Gasteiger partial charge is 0.387 e. The van der Waals surface area contributed by atoms with Crippen LogP contribution in [0.15, 0.2) is 48.7 Å². The van der Waals surface area contributed by atoms with Crippen LogP contribution in [0, 0.1) is 0 Å². The Morgan fingerprint density at radius 3 is 2.68 bits per heavy atom. The fraction of sp³-hybridized carbons (Fsp3) is 0.200. The number of amides is 1. The van der Waals surface area contributed by atoms with Crippen LogP contribution in [-0.4, -0.2) is 28.9 Å². The van der Waals surface area contributed by atoms with E-state index in [4.69, 9.17) is 32.7 Å². The van der Waals surface area contributed by atoms with Crippen molar-refractivity contribution in [2.75, 3.05) is 11.9 Å². The van der Waals surface area contributed by atoms with Crippen molar-refractivity contribution >= 4 is 34.8 Å². The van der Waals surface area contributed by atoms with Crippen molar-refractivity contribution in [2.24, 2.45) is 0 Å². The summed E-state index contributed by atoms with van der Waals surface area (Å²) in [6.07, 6.45) is 1.55. The largest absolute Gasteiger partial charge is 0.490 e. The van der Waals surface area contributed by atoms with Crippen molar-refractivity contribution in [3.8, 4) is 17.2 Å². The molecule has 11 heteroatoms. The molecule has 0 saturated heterocycles. The van der Waals surface area contributed by atoms with Crippen molar-refractivity contribution in [1.82, 2.24) is 9.78 Å². The minimum absolute atomic E-state index is 0.00148. The van der Waals surface area contributed by atoms with Crippen LogP contribution in [-0.2, 0) is 6.73 Å². The van der Waals surface area contributed by atoms with Gasteiger partial charge in [-0.05, 0) is 37.3 Å². The van der Waals surface area contributed by atoms with Gasteiger partial charge < -0.3 is 19.5 Å². The number of alkyl halides is 2. The number of carbonyl (C=O) groups excluding carboxylic acids is 1. The van der Waals surface area contributed by atoms with Crippen molar-refractivity contribution < 1.29 is 27.8 Å². The van der Waals surface area contributed by atoms with Crippen molar-refractivity contribution in [1.29, 1.82) is 0 Å². The van der Waals surface area contributed by atoms with E-state index in [9.17, 15) is 13.6 Å². The second kappa shape index (κ2) is 10.3. The van der Waals surface area contributed by atoms with E-state index in [-0.39, 0.29) is 35.6 Å². The van der Waals surface area contributed by atoms with Gasteiger partial charge in [-0.1, -0.05) is 29.3 Å². The van der Waals surface area contributed by atoms with Gasteiger partial charge in [-0.2, -0.15) is 13.9 Å². The maximum Gasteiger partial charge on any atom is 0.387 e. The molecule has 0 aliphatic heterocycles. The quantitative estimate of drug-likeness (QED) is 0.447. The molecule has 0 radical (unpaired) electrons. The number of nitrogens with one attached hydrogen (secondary N) is 1. The number of rotatable bonds is 9. The SMILES string of the molecule is CCOc1cc(NC(=O)c2ccn(COc3cccc(Cl)c3Cl)n2)ccc1OC(F)F. The van der Waals surface area contributed by atoms with Gasteiger partial charge >= 0.3 is 6.61 Å². The van der Waals surface area contributed by atoms with Crippen LogP contribution >= 0.6 is 23.2 Å². The zero-order valence-corrected chi connectivity index (χ0v) is 17.7. The number of hydrogen-bond donors (Lipinski definition) is 1. The molecule has 31 heavy (non-hydrogen) atoms. The molecule has 0 saturated carbocycles. The molecule has 2 aromatic carbocycles. The molecule has 3 aromatic rings. The minimum Gasteiger partial charge on any atom is -0.490 e. The maximum absolute atomic E-state index is 12.5. The summed E-state index contributed by atoms with van der Waals surface area (Å²) in [5.74, 6) is -0.177. The monoisotopic (exact) mass is 471 g/mol. The predicted molar refractivity (Wildman–Crippen MR) is 112 cm³/mol. The van der Waals surface area contributed by atoms with Gasteiger partial charge in [0.25, 0.3) is 5.91 Å². The van der Waals surface area contributed by atoms with E-state index in [1.807, 2.05) is 0 Å². The molecule has 0 aliphatic carbocycles. The molecule has 0 spiro atoms. The van der Waals surface area contributed by atoms with E-state index >= 15 is 0 Å². The number of halogens is 4. The van der Waals surface area contributed by atoms with Crippen LogP contribution in [0.3, 0.4) is 0 Å². The fourth-order valence-electron chi connectivity index (χ4n) is 2.53. The molecule has 7 nitrogen and oxygen atoms in total. The van der Waals surface area contributed by atoms with E-state index < -0.39 is 12.5 Å². The molecular formula is C20H17Cl2F2N3O4. The summed E-state index contributed by atoms with van der Waals surface area (Å²) in [7, 11) is 0. The summed E-state index contributed by atoms with van der Waals surface area (Å²) in [6, 6.07) is 10.6. The Labute approximate surface area is 186 Å². The first-order valence-corrected chi connectivity index (χ1v) is 9.76. The average Bonchev–Trinajstić information content (AvgIpc) is 3.20. The lowest BCUT2D eigenvalue weighted by Crippen LogP contribution is -2.14. The van der Waals surface area contributed by atoms with Gasteiger partial charge in [0.15, 0.2) is 23.9 Å². The van der Waals surface area contributed by atoms with Crippen molar-refractivity contribution in [2.45, 2.75) is 20.3 Å². The normalized spacial score (nSPS) is 10.8. The number of aromatic nitrogens is 2. The molecule has 1 heterocycles. The first-order valence-electron chi connectivity index (χ1n) is 9.00. The summed E-state index contributed by atoms with van der Waals surface area (Å²) < 4.78 is 41.7. The van der Waals surface area contributed by atoms with Gasteiger partial charge in [0.1, 0.15) is 10.8 Å². The Kier molecular flexibility index (Phi) is 7.54. The van der Waals surface area contributed by atoms with Crippen LogP contribution in [0.2, 0.25) is 10.0 Å². The van der Waals surface area contributed by atoms with Gasteiger partial charge in [-0.3, -0.25) is 4.79 Å². The molecule has 0 aliphatic rings. The molecule has 0 unspecified atom stereocenters. The fourth-order valence-corrected chi connectivity index (χ4v) is 2.87. The summed E-state index contributed by atoms with van der Waals surface area (Å²) in [4.78, 5) is 12.5. The second-order valence-electron chi connectivity index (χ2n) is 5.99. The van der Waals surface area contributed by atoms with E-state index in [0.717, 1.165) is 0 Å². The van der Waals surface area contributed by atoms with Crippen LogP contribution in [0.1, 0.15) is 17.4 Å². The Hall–Kier alpha value is -3.04. The molecule has 1 N–H and O–H groups in total.